The number of rotatable bonds is 6. The first-order chi connectivity index (χ1) is 13.4. The van der Waals surface area contributed by atoms with Crippen LogP contribution < -0.4 is 0 Å². The van der Waals surface area contributed by atoms with E-state index in [4.69, 9.17) is 44.1 Å². The summed E-state index contributed by atoms with van der Waals surface area (Å²) in [6, 6.07) is -0.378. The summed E-state index contributed by atoms with van der Waals surface area (Å²) >= 11 is 0. The third kappa shape index (κ3) is 3.69. The molecule has 2 heterocycles. The second-order valence-electron chi connectivity index (χ2n) is 8.79. The van der Waals surface area contributed by atoms with Gasteiger partial charge in [-0.2, -0.15) is 0 Å². The Hall–Kier alpha value is -0.110. The summed E-state index contributed by atoms with van der Waals surface area (Å²) in [7, 11) is 18.7. The van der Waals surface area contributed by atoms with E-state index in [1.54, 1.807) is 28.4 Å². The zero-order chi connectivity index (χ0) is 20.5. The highest BCUT2D eigenvalue weighted by Gasteiger charge is 2.61. The quantitative estimate of drug-likeness (QED) is 0.635. The molecule has 0 aromatic rings. The molecule has 4 aliphatic rings. The number of methoxy groups -OCH3 is 4. The van der Waals surface area contributed by atoms with Crippen molar-refractivity contribution in [3.63, 3.8) is 0 Å². The highest BCUT2D eigenvalue weighted by Crippen LogP contribution is 2.52. The van der Waals surface area contributed by atoms with Gasteiger partial charge in [0, 0.05) is 52.3 Å². The number of hydrogen-bond acceptors (Lipinski definition) is 6. The van der Waals surface area contributed by atoms with Crippen LogP contribution in [0.3, 0.4) is 0 Å². The van der Waals surface area contributed by atoms with E-state index in [1.165, 1.54) is 0 Å². The molecule has 0 amide bonds. The van der Waals surface area contributed by atoms with E-state index in [0.29, 0.717) is 31.0 Å². The molecule has 0 N–H and O–H groups in total. The van der Waals surface area contributed by atoms with E-state index in [2.05, 4.69) is 6.92 Å². The highest BCUT2D eigenvalue weighted by molar-refractivity contribution is 6.11. The van der Waals surface area contributed by atoms with Crippen molar-refractivity contribution in [1.82, 2.24) is 0 Å². The van der Waals surface area contributed by atoms with Crippen molar-refractivity contribution < 1.29 is 28.4 Å². The summed E-state index contributed by atoms with van der Waals surface area (Å²) in [5.41, 5.74) is -0.584. The van der Waals surface area contributed by atoms with Crippen LogP contribution in [0.2, 0.25) is 0 Å². The highest BCUT2D eigenvalue weighted by atomic mass is 16.6. The lowest BCUT2D eigenvalue weighted by Crippen LogP contribution is -2.48. The zero-order valence-electron chi connectivity index (χ0n) is 17.9. The van der Waals surface area contributed by atoms with Gasteiger partial charge >= 0.3 is 0 Å². The lowest BCUT2D eigenvalue weighted by atomic mass is 9.73. The first-order valence-corrected chi connectivity index (χ1v) is 10.3. The van der Waals surface area contributed by atoms with Crippen LogP contribution in [0.5, 0.6) is 0 Å². The SMILES string of the molecule is [B]C1OC2(COC)CC(C)C1C2OC.[B]C1OC2(COC)CCCC1C2OC. The van der Waals surface area contributed by atoms with Gasteiger partial charge < -0.3 is 28.4 Å². The van der Waals surface area contributed by atoms with Crippen molar-refractivity contribution >= 4 is 15.7 Å². The van der Waals surface area contributed by atoms with Gasteiger partial charge in [-0.15, -0.1) is 0 Å². The maximum atomic E-state index is 5.94. The second-order valence-corrected chi connectivity index (χ2v) is 8.79. The van der Waals surface area contributed by atoms with Crippen LogP contribution >= 0.6 is 0 Å². The van der Waals surface area contributed by atoms with Crippen molar-refractivity contribution in [3.05, 3.63) is 0 Å². The van der Waals surface area contributed by atoms with Crippen LogP contribution in [-0.4, -0.2) is 92.8 Å². The van der Waals surface area contributed by atoms with Gasteiger partial charge in [0.1, 0.15) is 26.9 Å². The van der Waals surface area contributed by atoms with Crippen LogP contribution in [-0.2, 0) is 28.4 Å². The molecule has 2 saturated carbocycles. The van der Waals surface area contributed by atoms with Crippen molar-refractivity contribution in [2.75, 3.05) is 41.7 Å². The minimum atomic E-state index is -0.299. The van der Waals surface area contributed by atoms with Gasteiger partial charge in [-0.3, -0.25) is 0 Å². The molecule has 0 spiro atoms. The zero-order valence-corrected chi connectivity index (χ0v) is 17.9. The maximum Gasteiger partial charge on any atom is 0.117 e. The average Bonchev–Trinajstić information content (AvgIpc) is 3.13. The standard InChI is InChI=1S/2C10H17BO3/c1-6-4-10(5-12-2)8(13-3)7(6)9(11)14-10;1-12-6-10-5-3-4-7(8(10)13-2)9(11)14-10/h6-9H,4-5H2,1-3H3;7-9H,3-6H2,1-2H3. The van der Waals surface area contributed by atoms with Crippen molar-refractivity contribution in [1.29, 1.82) is 0 Å². The molecule has 4 bridgehead atoms. The molecule has 28 heavy (non-hydrogen) atoms. The predicted molar refractivity (Wildman–Crippen MR) is 107 cm³/mol. The van der Waals surface area contributed by atoms with Gasteiger partial charge in [0.15, 0.2) is 0 Å². The van der Waals surface area contributed by atoms with E-state index in [9.17, 15) is 0 Å². The van der Waals surface area contributed by atoms with E-state index in [1.807, 2.05) is 0 Å². The maximum absolute atomic E-state index is 5.94. The largest absolute Gasteiger partial charge is 0.382 e. The average molecular weight is 392 g/mol. The van der Waals surface area contributed by atoms with Crippen molar-refractivity contribution in [2.24, 2.45) is 17.8 Å². The Morgan fingerprint density at radius 3 is 2.07 bits per heavy atom. The summed E-state index contributed by atoms with van der Waals surface area (Å²) in [4.78, 5) is 0. The summed E-state index contributed by atoms with van der Waals surface area (Å²) < 4.78 is 33.1. The molecule has 0 aromatic carbocycles. The monoisotopic (exact) mass is 392 g/mol. The van der Waals surface area contributed by atoms with Crippen molar-refractivity contribution in [2.45, 2.75) is 68.0 Å². The number of fused-ring (bicyclic) bond motifs is 4. The molecule has 156 valence electrons. The first-order valence-electron chi connectivity index (χ1n) is 10.3. The predicted octanol–water partition coefficient (Wildman–Crippen LogP) is 1.28. The molecule has 2 aliphatic carbocycles. The molecule has 4 radical (unpaired) electrons. The minimum absolute atomic E-state index is 0.0902. The van der Waals surface area contributed by atoms with E-state index < -0.39 is 0 Å². The molecule has 4 fully saturated rings. The van der Waals surface area contributed by atoms with Gasteiger partial charge in [-0.25, -0.2) is 0 Å². The minimum Gasteiger partial charge on any atom is -0.382 e. The van der Waals surface area contributed by atoms with Crippen LogP contribution in [0.25, 0.3) is 0 Å². The molecule has 8 heteroatoms. The Morgan fingerprint density at radius 1 is 0.893 bits per heavy atom. The van der Waals surface area contributed by atoms with Crippen LogP contribution in [0.1, 0.15) is 32.6 Å². The van der Waals surface area contributed by atoms with Crippen LogP contribution in [0, 0.1) is 17.8 Å². The van der Waals surface area contributed by atoms with Gasteiger partial charge in [-0.1, -0.05) is 6.92 Å². The second kappa shape index (κ2) is 8.94. The fraction of sp³-hybridized carbons (Fsp3) is 1.00. The normalized spacial score (nSPS) is 49.1. The third-order valence-corrected chi connectivity index (χ3v) is 7.07. The Labute approximate surface area is 172 Å². The van der Waals surface area contributed by atoms with Crippen LogP contribution in [0.15, 0.2) is 0 Å². The Bertz CT molecular complexity index is 496. The molecule has 4 rings (SSSR count). The summed E-state index contributed by atoms with van der Waals surface area (Å²) in [6.45, 7) is 3.35. The van der Waals surface area contributed by atoms with E-state index in [0.717, 1.165) is 25.7 Å². The third-order valence-electron chi connectivity index (χ3n) is 7.07. The fourth-order valence-electron chi connectivity index (χ4n) is 6.16. The summed E-state index contributed by atoms with van der Waals surface area (Å²) in [5, 5.41) is 0. The Balaban J connectivity index is 0.000000161. The fourth-order valence-corrected chi connectivity index (χ4v) is 6.16. The Kier molecular flexibility index (Phi) is 7.21. The smallest absolute Gasteiger partial charge is 0.117 e. The lowest BCUT2D eigenvalue weighted by molar-refractivity contribution is -0.128. The van der Waals surface area contributed by atoms with Gasteiger partial charge in [-0.05, 0) is 31.6 Å². The topological polar surface area (TPSA) is 55.4 Å². The lowest BCUT2D eigenvalue weighted by Gasteiger charge is -2.37. The van der Waals surface area contributed by atoms with Gasteiger partial charge in [0.2, 0.25) is 0 Å². The van der Waals surface area contributed by atoms with E-state index >= 15 is 0 Å². The molecule has 2 aliphatic heterocycles. The van der Waals surface area contributed by atoms with Gasteiger partial charge in [0.05, 0.1) is 25.4 Å². The van der Waals surface area contributed by atoms with E-state index in [-0.39, 0.29) is 35.4 Å². The first kappa shape index (κ1) is 22.6. The number of ether oxygens (including phenoxy) is 6. The van der Waals surface area contributed by atoms with Gasteiger partial charge in [0.25, 0.3) is 0 Å². The summed E-state index contributed by atoms with van der Waals surface area (Å²) in [6.07, 6.45) is 4.42. The molecular formula is C20H34B2O6. The molecule has 2 saturated heterocycles. The number of hydrogen-bond donors (Lipinski definition) is 0. The van der Waals surface area contributed by atoms with Crippen LogP contribution in [0.4, 0.5) is 0 Å². The molecule has 9 unspecified atom stereocenters. The molecule has 0 aromatic heterocycles. The summed E-state index contributed by atoms with van der Waals surface area (Å²) in [5.74, 6) is 1.21. The van der Waals surface area contributed by atoms with Crippen molar-refractivity contribution in [3.8, 4) is 0 Å². The molecule has 9 atom stereocenters. The molecular weight excluding hydrogens is 358 g/mol. The molecule has 6 nitrogen and oxygen atoms in total. The Morgan fingerprint density at radius 2 is 1.50 bits per heavy atom.